The van der Waals surface area contributed by atoms with Gasteiger partial charge >= 0.3 is 0 Å². The summed E-state index contributed by atoms with van der Waals surface area (Å²) < 4.78 is 0. The van der Waals surface area contributed by atoms with Crippen molar-refractivity contribution in [2.24, 2.45) is 0 Å². The average molecular weight is 534 g/mol. The van der Waals surface area contributed by atoms with Crippen molar-refractivity contribution in [3.63, 3.8) is 0 Å². The Kier molecular flexibility index (Phi) is 4.88. The first kappa shape index (κ1) is 23.3. The van der Waals surface area contributed by atoms with Crippen molar-refractivity contribution in [1.29, 1.82) is 0 Å². The fraction of sp³-hybridized carbons (Fsp3) is 0.0244. The van der Waals surface area contributed by atoms with Crippen LogP contribution >= 0.6 is 0 Å². The molecule has 0 bridgehead atoms. The van der Waals surface area contributed by atoms with Crippen LogP contribution in [0.1, 0.15) is 22.3 Å². The van der Waals surface area contributed by atoms with Crippen molar-refractivity contribution in [3.05, 3.63) is 180 Å². The first-order chi connectivity index (χ1) is 20.8. The quantitative estimate of drug-likeness (QED) is 0.238. The van der Waals surface area contributed by atoms with Crippen molar-refractivity contribution in [2.45, 2.75) is 5.41 Å². The van der Waals surface area contributed by atoms with Gasteiger partial charge in [-0.3, -0.25) is 0 Å². The summed E-state index contributed by atoms with van der Waals surface area (Å²) in [5.74, 6) is 0. The topological polar surface area (TPSA) is 12.0 Å². The van der Waals surface area contributed by atoms with Crippen LogP contribution in [-0.2, 0) is 5.41 Å². The molecular weight excluding hydrogens is 506 g/mol. The highest BCUT2D eigenvalue weighted by Gasteiger charge is 2.52. The molecule has 0 aliphatic heterocycles. The summed E-state index contributed by atoms with van der Waals surface area (Å²) in [5.41, 5.74) is 15.0. The second kappa shape index (κ2) is 8.80. The highest BCUT2D eigenvalue weighted by molar-refractivity contribution is 5.99. The van der Waals surface area contributed by atoms with Crippen LogP contribution in [0.5, 0.6) is 0 Å². The molecule has 0 saturated heterocycles. The molecule has 1 nitrogen and oxygen atoms in total. The fourth-order valence-corrected chi connectivity index (χ4v) is 7.62. The van der Waals surface area contributed by atoms with Crippen LogP contribution in [-0.4, -0.2) is 0 Å². The molecule has 2 aliphatic rings. The van der Waals surface area contributed by atoms with E-state index >= 15 is 0 Å². The number of nitrogens with one attached hydrogen (secondary N) is 1. The lowest BCUT2D eigenvalue weighted by atomic mass is 9.70. The first-order valence-corrected chi connectivity index (χ1v) is 14.6. The molecule has 1 heteroatoms. The van der Waals surface area contributed by atoms with Gasteiger partial charge in [0.15, 0.2) is 0 Å². The number of anilines is 2. The Morgan fingerprint density at radius 3 is 1.57 bits per heavy atom. The maximum atomic E-state index is 3.87. The van der Waals surface area contributed by atoms with Crippen LogP contribution in [0.3, 0.4) is 0 Å². The van der Waals surface area contributed by atoms with Crippen molar-refractivity contribution in [1.82, 2.24) is 0 Å². The van der Waals surface area contributed by atoms with Gasteiger partial charge in [0.2, 0.25) is 0 Å². The van der Waals surface area contributed by atoms with Crippen molar-refractivity contribution in [2.75, 3.05) is 5.32 Å². The lowest BCUT2D eigenvalue weighted by Crippen LogP contribution is -2.26. The molecule has 2 aliphatic carbocycles. The van der Waals surface area contributed by atoms with Gasteiger partial charge in [0, 0.05) is 16.9 Å². The first-order valence-electron chi connectivity index (χ1n) is 14.6. The van der Waals surface area contributed by atoms with E-state index in [1.807, 2.05) is 0 Å². The Morgan fingerprint density at radius 2 is 0.881 bits per heavy atom. The largest absolute Gasteiger partial charge is 0.355 e. The predicted molar refractivity (Wildman–Crippen MR) is 175 cm³/mol. The zero-order chi connectivity index (χ0) is 27.7. The molecule has 0 heterocycles. The Morgan fingerprint density at radius 1 is 0.381 bits per heavy atom. The van der Waals surface area contributed by atoms with Crippen molar-refractivity contribution < 1.29 is 0 Å². The zero-order valence-corrected chi connectivity index (χ0v) is 23.0. The SMILES string of the molecule is c1ccc2c(c1)-c1ccccc1C21c2ccccc2-c2cccc(Nc3ccc(-c4cccc5ccccc45)cc3)c21. The van der Waals surface area contributed by atoms with Gasteiger partial charge in [0.05, 0.1) is 5.41 Å². The molecule has 42 heavy (non-hydrogen) atoms. The molecule has 0 fully saturated rings. The Hall–Kier alpha value is -5.40. The van der Waals surface area contributed by atoms with Gasteiger partial charge in [-0.2, -0.15) is 0 Å². The van der Waals surface area contributed by atoms with E-state index < -0.39 is 0 Å². The molecule has 0 aromatic heterocycles. The number of benzene rings is 7. The Balaban J connectivity index is 1.22. The minimum absolute atomic E-state index is 0.369. The average Bonchev–Trinajstić information content (AvgIpc) is 3.53. The van der Waals surface area contributed by atoms with Gasteiger partial charge in [-0.15, -0.1) is 0 Å². The minimum Gasteiger partial charge on any atom is -0.355 e. The summed E-state index contributed by atoms with van der Waals surface area (Å²) in [6.07, 6.45) is 0. The van der Waals surface area contributed by atoms with Gasteiger partial charge < -0.3 is 5.32 Å². The molecule has 0 radical (unpaired) electrons. The number of fused-ring (bicyclic) bond motifs is 11. The van der Waals surface area contributed by atoms with Crippen LogP contribution in [0, 0.1) is 0 Å². The predicted octanol–water partition coefficient (Wildman–Crippen LogP) is 10.6. The van der Waals surface area contributed by atoms with Gasteiger partial charge in [-0.05, 0) is 79.0 Å². The molecule has 0 saturated carbocycles. The molecule has 1 spiro atoms. The van der Waals surface area contributed by atoms with E-state index in [4.69, 9.17) is 0 Å². The van der Waals surface area contributed by atoms with E-state index in [0.717, 1.165) is 11.4 Å². The van der Waals surface area contributed by atoms with E-state index in [2.05, 4.69) is 163 Å². The number of hydrogen-bond acceptors (Lipinski definition) is 1. The van der Waals surface area contributed by atoms with Gasteiger partial charge in [-0.25, -0.2) is 0 Å². The molecule has 196 valence electrons. The highest BCUT2D eigenvalue weighted by atomic mass is 14.9. The number of hydrogen-bond donors (Lipinski definition) is 1. The summed E-state index contributed by atoms with van der Waals surface area (Å²) in [7, 11) is 0. The van der Waals surface area contributed by atoms with E-state index in [1.54, 1.807) is 0 Å². The third-order valence-corrected chi connectivity index (χ3v) is 9.28. The molecule has 7 aromatic carbocycles. The second-order valence-electron chi connectivity index (χ2n) is 11.3. The molecule has 0 amide bonds. The van der Waals surface area contributed by atoms with Crippen molar-refractivity contribution >= 4 is 22.1 Å². The van der Waals surface area contributed by atoms with E-state index in [1.165, 1.54) is 66.4 Å². The fourth-order valence-electron chi connectivity index (χ4n) is 7.62. The minimum atomic E-state index is -0.369. The third kappa shape index (κ3) is 3.08. The monoisotopic (exact) mass is 533 g/mol. The molecule has 9 rings (SSSR count). The van der Waals surface area contributed by atoms with E-state index in [9.17, 15) is 0 Å². The summed E-state index contributed by atoms with van der Waals surface area (Å²) in [6, 6.07) is 57.7. The normalized spacial score (nSPS) is 13.4. The maximum Gasteiger partial charge on any atom is 0.0745 e. The van der Waals surface area contributed by atoms with Crippen LogP contribution in [0.15, 0.2) is 158 Å². The standard InChI is InChI=1S/C41H27N/c1-2-13-30-27(11-1)12-9-17-31(30)28-23-25-29(26-24-28)42-39-22-10-18-35-34-16-5-8-21-38(34)41(40(35)39)36-19-6-3-14-32(36)33-15-4-7-20-37(33)41/h1-26,42H. The maximum absolute atomic E-state index is 3.87. The van der Waals surface area contributed by atoms with E-state index in [-0.39, 0.29) is 5.41 Å². The molecular formula is C41H27N. The lowest BCUT2D eigenvalue weighted by Gasteiger charge is -2.32. The second-order valence-corrected chi connectivity index (χ2v) is 11.3. The van der Waals surface area contributed by atoms with Crippen LogP contribution in [0.2, 0.25) is 0 Å². The molecule has 7 aromatic rings. The summed E-state index contributed by atoms with van der Waals surface area (Å²) in [4.78, 5) is 0. The lowest BCUT2D eigenvalue weighted by molar-refractivity contribution is 0.796. The van der Waals surface area contributed by atoms with Gasteiger partial charge in [0.25, 0.3) is 0 Å². The smallest absolute Gasteiger partial charge is 0.0745 e. The van der Waals surface area contributed by atoms with E-state index in [0.29, 0.717) is 0 Å². The molecule has 0 unspecified atom stereocenters. The Labute approximate surface area is 245 Å². The summed E-state index contributed by atoms with van der Waals surface area (Å²) >= 11 is 0. The summed E-state index contributed by atoms with van der Waals surface area (Å²) in [5, 5.41) is 6.41. The molecule has 0 atom stereocenters. The Bertz CT molecular complexity index is 2100. The van der Waals surface area contributed by atoms with Crippen LogP contribution in [0.25, 0.3) is 44.2 Å². The van der Waals surface area contributed by atoms with Crippen molar-refractivity contribution in [3.8, 4) is 33.4 Å². The van der Waals surface area contributed by atoms with Crippen LogP contribution < -0.4 is 5.32 Å². The van der Waals surface area contributed by atoms with Gasteiger partial charge in [-0.1, -0.05) is 140 Å². The molecule has 1 N–H and O–H groups in total. The zero-order valence-electron chi connectivity index (χ0n) is 23.0. The highest BCUT2D eigenvalue weighted by Crippen LogP contribution is 2.64. The van der Waals surface area contributed by atoms with Gasteiger partial charge in [0.1, 0.15) is 0 Å². The third-order valence-electron chi connectivity index (χ3n) is 9.28. The van der Waals surface area contributed by atoms with Crippen LogP contribution in [0.4, 0.5) is 11.4 Å². The number of rotatable bonds is 3. The summed E-state index contributed by atoms with van der Waals surface area (Å²) in [6.45, 7) is 0.